The summed E-state index contributed by atoms with van der Waals surface area (Å²) in [5.74, 6) is -0.567. The van der Waals surface area contributed by atoms with Crippen LogP contribution in [0.25, 0.3) is 0 Å². The van der Waals surface area contributed by atoms with Crippen molar-refractivity contribution in [1.29, 1.82) is 0 Å². The molecule has 1 aliphatic rings. The molecular formula is C10H19N3O4S. The lowest BCUT2D eigenvalue weighted by atomic mass is 10.1. The molecule has 1 heterocycles. The fourth-order valence-electron chi connectivity index (χ4n) is 1.93. The molecule has 0 aromatic heterocycles. The molecule has 7 nitrogen and oxygen atoms in total. The molecule has 1 aliphatic heterocycles. The molecule has 0 aliphatic carbocycles. The van der Waals surface area contributed by atoms with Crippen LogP contribution in [0, 0.1) is 0 Å². The summed E-state index contributed by atoms with van der Waals surface area (Å²) in [6.45, 7) is 1.57. The minimum Gasteiger partial charge on any atom is -0.409 e. The smallest absolute Gasteiger partial charge is 0.241 e. The average Bonchev–Trinajstić information content (AvgIpc) is 2.34. The highest BCUT2D eigenvalue weighted by atomic mass is 32.2. The van der Waals surface area contributed by atoms with Crippen molar-refractivity contribution in [1.82, 2.24) is 4.90 Å². The van der Waals surface area contributed by atoms with E-state index in [2.05, 4.69) is 5.16 Å². The third-order valence-corrected chi connectivity index (χ3v) is 5.49. The summed E-state index contributed by atoms with van der Waals surface area (Å²) in [5, 5.41) is 10.4. The molecule has 0 bridgehead atoms. The Bertz CT molecular complexity index is 446. The van der Waals surface area contributed by atoms with Gasteiger partial charge in [0.1, 0.15) is 5.25 Å². The van der Waals surface area contributed by atoms with E-state index >= 15 is 0 Å². The molecular weight excluding hydrogens is 258 g/mol. The third kappa shape index (κ3) is 2.92. The lowest BCUT2D eigenvalue weighted by Gasteiger charge is -2.29. The van der Waals surface area contributed by atoms with E-state index in [-0.39, 0.29) is 11.6 Å². The van der Waals surface area contributed by atoms with Crippen LogP contribution in [0.15, 0.2) is 5.16 Å². The first-order valence-corrected chi connectivity index (χ1v) is 7.48. The van der Waals surface area contributed by atoms with Crippen molar-refractivity contribution < 1.29 is 18.4 Å². The number of amidine groups is 1. The van der Waals surface area contributed by atoms with Gasteiger partial charge in [0.15, 0.2) is 15.7 Å². The van der Waals surface area contributed by atoms with Crippen LogP contribution in [0.5, 0.6) is 0 Å². The maximum atomic E-state index is 12.1. The number of hydrogen-bond donors (Lipinski definition) is 2. The molecule has 2 unspecified atom stereocenters. The number of nitrogens with two attached hydrogens (primary N) is 1. The quantitative estimate of drug-likeness (QED) is 0.314. The third-order valence-electron chi connectivity index (χ3n) is 3.33. The van der Waals surface area contributed by atoms with Gasteiger partial charge in [0, 0.05) is 7.05 Å². The van der Waals surface area contributed by atoms with Gasteiger partial charge in [-0.15, -0.1) is 0 Å². The second kappa shape index (κ2) is 5.55. The van der Waals surface area contributed by atoms with Gasteiger partial charge in [0.25, 0.3) is 0 Å². The van der Waals surface area contributed by atoms with E-state index in [1.165, 1.54) is 11.9 Å². The van der Waals surface area contributed by atoms with Crippen LogP contribution in [0.4, 0.5) is 0 Å². The highest BCUT2D eigenvalue weighted by Crippen LogP contribution is 2.21. The number of nitrogens with zero attached hydrogens (tertiary/aromatic N) is 2. The number of carbonyl (C=O) groups is 1. The van der Waals surface area contributed by atoms with Crippen LogP contribution in [0.3, 0.4) is 0 Å². The largest absolute Gasteiger partial charge is 0.409 e. The monoisotopic (exact) mass is 277 g/mol. The van der Waals surface area contributed by atoms with Crippen LogP contribution < -0.4 is 5.73 Å². The molecule has 0 spiro atoms. The standard InChI is InChI=1S/C10H19N3O4S/c1-7(9(11)12-15)13(2)10(14)8-5-3-4-6-18(8,16)17/h7-8,15H,3-6H2,1-2H3,(H2,11,12). The van der Waals surface area contributed by atoms with Crippen molar-refractivity contribution >= 4 is 21.6 Å². The Morgan fingerprint density at radius 2 is 2.11 bits per heavy atom. The van der Waals surface area contributed by atoms with Crippen LogP contribution in [0.2, 0.25) is 0 Å². The van der Waals surface area contributed by atoms with Gasteiger partial charge < -0.3 is 15.8 Å². The van der Waals surface area contributed by atoms with Crippen molar-refractivity contribution in [2.24, 2.45) is 10.9 Å². The molecule has 18 heavy (non-hydrogen) atoms. The van der Waals surface area contributed by atoms with Crippen molar-refractivity contribution in [3.05, 3.63) is 0 Å². The van der Waals surface area contributed by atoms with Gasteiger partial charge in [-0.3, -0.25) is 4.79 Å². The van der Waals surface area contributed by atoms with E-state index in [4.69, 9.17) is 10.9 Å². The van der Waals surface area contributed by atoms with Crippen LogP contribution in [0.1, 0.15) is 26.2 Å². The summed E-state index contributed by atoms with van der Waals surface area (Å²) in [5.41, 5.74) is 5.41. The number of amides is 1. The predicted octanol–water partition coefficient (Wildman–Crippen LogP) is -0.453. The van der Waals surface area contributed by atoms with Gasteiger partial charge in [0.2, 0.25) is 5.91 Å². The predicted molar refractivity (Wildman–Crippen MR) is 67.1 cm³/mol. The normalized spacial score (nSPS) is 25.4. The van der Waals surface area contributed by atoms with Crippen molar-refractivity contribution in [3.8, 4) is 0 Å². The fraction of sp³-hybridized carbons (Fsp3) is 0.800. The Morgan fingerprint density at radius 3 is 2.61 bits per heavy atom. The lowest BCUT2D eigenvalue weighted by Crippen LogP contribution is -2.50. The van der Waals surface area contributed by atoms with Gasteiger partial charge in [-0.05, 0) is 19.8 Å². The summed E-state index contributed by atoms with van der Waals surface area (Å²) >= 11 is 0. The summed E-state index contributed by atoms with van der Waals surface area (Å²) in [4.78, 5) is 13.3. The first-order chi connectivity index (χ1) is 8.31. The van der Waals surface area contributed by atoms with Gasteiger partial charge in [-0.1, -0.05) is 11.6 Å². The number of hydrogen-bond acceptors (Lipinski definition) is 5. The minimum absolute atomic E-state index is 0.0508. The molecule has 0 radical (unpaired) electrons. The molecule has 1 amide bonds. The molecule has 1 saturated heterocycles. The molecule has 1 rings (SSSR count). The topological polar surface area (TPSA) is 113 Å². The second-order valence-corrected chi connectivity index (χ2v) is 6.80. The van der Waals surface area contributed by atoms with Crippen molar-refractivity contribution in [3.63, 3.8) is 0 Å². The van der Waals surface area contributed by atoms with E-state index in [1.807, 2.05) is 0 Å². The molecule has 0 saturated carbocycles. The lowest BCUT2D eigenvalue weighted by molar-refractivity contribution is -0.130. The van der Waals surface area contributed by atoms with Crippen LogP contribution >= 0.6 is 0 Å². The molecule has 1 fully saturated rings. The molecule has 0 aromatic rings. The summed E-state index contributed by atoms with van der Waals surface area (Å²) < 4.78 is 23.7. The summed E-state index contributed by atoms with van der Waals surface area (Å²) in [6, 6.07) is -0.639. The molecule has 3 N–H and O–H groups in total. The van der Waals surface area contributed by atoms with Crippen LogP contribution in [-0.2, 0) is 14.6 Å². The number of carbonyl (C=O) groups excluding carboxylic acids is 1. The highest BCUT2D eigenvalue weighted by molar-refractivity contribution is 7.92. The Kier molecular flexibility index (Phi) is 4.55. The Morgan fingerprint density at radius 1 is 1.50 bits per heavy atom. The Hall–Kier alpha value is -1.31. The first-order valence-electron chi connectivity index (χ1n) is 5.77. The summed E-state index contributed by atoms with van der Waals surface area (Å²) in [6.07, 6.45) is 1.67. The Labute approximate surface area is 107 Å². The summed E-state index contributed by atoms with van der Waals surface area (Å²) in [7, 11) is -1.91. The highest BCUT2D eigenvalue weighted by Gasteiger charge is 2.38. The molecule has 0 aromatic carbocycles. The average molecular weight is 277 g/mol. The van der Waals surface area contributed by atoms with Gasteiger partial charge in [0.05, 0.1) is 11.8 Å². The zero-order valence-electron chi connectivity index (χ0n) is 10.5. The molecule has 2 atom stereocenters. The van der Waals surface area contributed by atoms with Gasteiger partial charge in [-0.25, -0.2) is 8.42 Å². The minimum atomic E-state index is -3.37. The first kappa shape index (κ1) is 14.7. The maximum absolute atomic E-state index is 12.1. The number of oxime groups is 1. The van der Waals surface area contributed by atoms with Gasteiger partial charge in [-0.2, -0.15) is 0 Å². The van der Waals surface area contributed by atoms with Crippen LogP contribution in [-0.4, -0.2) is 54.4 Å². The van der Waals surface area contributed by atoms with E-state index in [1.54, 1.807) is 6.92 Å². The van der Waals surface area contributed by atoms with E-state index in [9.17, 15) is 13.2 Å². The Balaban J connectivity index is 2.87. The number of sulfone groups is 1. The molecule has 8 heteroatoms. The van der Waals surface area contributed by atoms with Crippen molar-refractivity contribution in [2.75, 3.05) is 12.8 Å². The fourth-order valence-corrected chi connectivity index (χ4v) is 3.82. The maximum Gasteiger partial charge on any atom is 0.241 e. The number of likely N-dealkylation sites (N-methyl/N-ethyl adjacent to an activating group) is 1. The molecule has 104 valence electrons. The van der Waals surface area contributed by atoms with Crippen molar-refractivity contribution in [2.45, 2.75) is 37.5 Å². The second-order valence-electron chi connectivity index (χ2n) is 4.50. The zero-order valence-corrected chi connectivity index (χ0v) is 11.4. The van der Waals surface area contributed by atoms with E-state index in [0.29, 0.717) is 12.8 Å². The van der Waals surface area contributed by atoms with E-state index < -0.39 is 27.0 Å². The SMILES string of the molecule is CC(C(N)=NO)N(C)C(=O)C1CCCCS1(=O)=O. The van der Waals surface area contributed by atoms with E-state index in [0.717, 1.165) is 6.42 Å². The van der Waals surface area contributed by atoms with Gasteiger partial charge >= 0.3 is 0 Å². The zero-order chi connectivity index (χ0) is 13.9. The number of rotatable bonds is 3.